The monoisotopic (exact) mass is 354 g/mol. The first-order valence-corrected chi connectivity index (χ1v) is 10.2. The van der Waals surface area contributed by atoms with Gasteiger partial charge in [-0.15, -0.1) is 0 Å². The number of aliphatic imine (C=N–C) groups is 1. The van der Waals surface area contributed by atoms with Gasteiger partial charge in [0, 0.05) is 53.1 Å². The van der Waals surface area contributed by atoms with Crippen LogP contribution in [0.3, 0.4) is 0 Å². The van der Waals surface area contributed by atoms with Crippen molar-refractivity contribution in [1.29, 1.82) is 0 Å². The van der Waals surface area contributed by atoms with Gasteiger partial charge in [-0.1, -0.05) is 12.8 Å². The molecule has 0 atom stereocenters. The Labute approximate surface area is 153 Å². The lowest BCUT2D eigenvalue weighted by Crippen LogP contribution is -2.42. The van der Waals surface area contributed by atoms with Gasteiger partial charge in [0.05, 0.1) is 0 Å². The predicted molar refractivity (Wildman–Crippen MR) is 103 cm³/mol. The lowest BCUT2D eigenvalue weighted by Gasteiger charge is -2.22. The Hall–Kier alpha value is -0.850. The third-order valence-corrected chi connectivity index (χ3v) is 5.10. The van der Waals surface area contributed by atoms with E-state index < -0.39 is 0 Å². The summed E-state index contributed by atoms with van der Waals surface area (Å²) in [6.45, 7) is 8.95. The molecule has 0 aromatic carbocycles. The molecule has 0 aromatic heterocycles. The number of likely N-dealkylation sites (tertiary alicyclic amines) is 1. The summed E-state index contributed by atoms with van der Waals surface area (Å²) in [5.74, 6) is 1.59. The van der Waals surface area contributed by atoms with Crippen LogP contribution in [0.1, 0.15) is 44.9 Å². The fourth-order valence-corrected chi connectivity index (χ4v) is 3.46. The van der Waals surface area contributed by atoms with Gasteiger partial charge in [-0.05, 0) is 51.1 Å². The zero-order chi connectivity index (χ0) is 17.6. The van der Waals surface area contributed by atoms with Crippen molar-refractivity contribution in [1.82, 2.24) is 15.5 Å². The third-order valence-electron chi connectivity index (χ3n) is 5.10. The molecule has 25 heavy (non-hydrogen) atoms. The molecule has 2 heterocycles. The summed E-state index contributed by atoms with van der Waals surface area (Å²) in [5, 5.41) is 6.80. The van der Waals surface area contributed by atoms with Gasteiger partial charge in [-0.25, -0.2) is 0 Å². The van der Waals surface area contributed by atoms with Crippen LogP contribution in [0.5, 0.6) is 0 Å². The van der Waals surface area contributed by atoms with Gasteiger partial charge in [0.2, 0.25) is 0 Å². The molecule has 0 bridgehead atoms. The topological polar surface area (TPSA) is 58.1 Å². The smallest absolute Gasteiger partial charge is 0.191 e. The van der Waals surface area contributed by atoms with Crippen LogP contribution in [-0.4, -0.2) is 77.1 Å². The minimum Gasteiger partial charge on any atom is -0.381 e. The second-order valence-electron chi connectivity index (χ2n) is 7.17. The lowest BCUT2D eigenvalue weighted by molar-refractivity contribution is 0.0203. The van der Waals surface area contributed by atoms with Gasteiger partial charge in [-0.3, -0.25) is 4.99 Å². The minimum atomic E-state index is 0.690. The van der Waals surface area contributed by atoms with Crippen LogP contribution in [0.4, 0.5) is 0 Å². The molecule has 6 nitrogen and oxygen atoms in total. The van der Waals surface area contributed by atoms with E-state index >= 15 is 0 Å². The average molecular weight is 355 g/mol. The molecular weight excluding hydrogens is 316 g/mol. The van der Waals surface area contributed by atoms with Crippen LogP contribution in [0, 0.1) is 5.92 Å². The van der Waals surface area contributed by atoms with Crippen LogP contribution in [0.25, 0.3) is 0 Å². The highest BCUT2D eigenvalue weighted by molar-refractivity contribution is 5.79. The molecule has 0 aliphatic carbocycles. The maximum atomic E-state index is 5.80. The number of rotatable bonds is 9. The van der Waals surface area contributed by atoms with Crippen molar-refractivity contribution in [2.75, 3.05) is 66.2 Å². The fourth-order valence-electron chi connectivity index (χ4n) is 3.46. The van der Waals surface area contributed by atoms with E-state index in [0.717, 1.165) is 71.3 Å². The molecule has 2 rings (SSSR count). The van der Waals surface area contributed by atoms with Crippen LogP contribution in [0.2, 0.25) is 0 Å². The molecular formula is C19H38N4O2. The molecule has 2 aliphatic heterocycles. The van der Waals surface area contributed by atoms with E-state index in [4.69, 9.17) is 9.47 Å². The molecule has 0 spiro atoms. The van der Waals surface area contributed by atoms with Crippen molar-refractivity contribution in [3.05, 3.63) is 0 Å². The maximum absolute atomic E-state index is 5.80. The van der Waals surface area contributed by atoms with Crippen LogP contribution < -0.4 is 10.6 Å². The molecule has 0 aromatic rings. The Morgan fingerprint density at radius 2 is 1.80 bits per heavy atom. The first-order chi connectivity index (χ1) is 12.4. The second-order valence-corrected chi connectivity index (χ2v) is 7.17. The van der Waals surface area contributed by atoms with E-state index in [1.807, 2.05) is 7.05 Å². The number of hydrogen-bond acceptors (Lipinski definition) is 4. The average Bonchev–Trinajstić information content (AvgIpc) is 2.92. The van der Waals surface area contributed by atoms with Gasteiger partial charge in [0.25, 0.3) is 0 Å². The van der Waals surface area contributed by atoms with Gasteiger partial charge in [0.15, 0.2) is 5.96 Å². The van der Waals surface area contributed by atoms with Gasteiger partial charge < -0.3 is 25.0 Å². The molecule has 2 saturated heterocycles. The van der Waals surface area contributed by atoms with Crippen LogP contribution in [0.15, 0.2) is 4.99 Å². The second kappa shape index (κ2) is 13.4. The van der Waals surface area contributed by atoms with Gasteiger partial charge >= 0.3 is 0 Å². The summed E-state index contributed by atoms with van der Waals surface area (Å²) in [7, 11) is 1.84. The predicted octanol–water partition coefficient (Wildman–Crippen LogP) is 1.86. The highest BCUT2D eigenvalue weighted by Gasteiger charge is 2.13. The molecule has 6 heteroatoms. The Morgan fingerprint density at radius 1 is 1.08 bits per heavy atom. The van der Waals surface area contributed by atoms with Crippen molar-refractivity contribution < 1.29 is 9.47 Å². The minimum absolute atomic E-state index is 0.690. The summed E-state index contributed by atoms with van der Waals surface area (Å²) >= 11 is 0. The van der Waals surface area contributed by atoms with Crippen molar-refractivity contribution in [3.8, 4) is 0 Å². The summed E-state index contributed by atoms with van der Waals surface area (Å²) in [6, 6.07) is 0. The Balaban J connectivity index is 1.44. The lowest BCUT2D eigenvalue weighted by atomic mass is 10.0. The van der Waals surface area contributed by atoms with E-state index in [9.17, 15) is 0 Å². The zero-order valence-electron chi connectivity index (χ0n) is 16.1. The molecule has 0 saturated carbocycles. The van der Waals surface area contributed by atoms with Crippen molar-refractivity contribution in [2.24, 2.45) is 10.9 Å². The first kappa shape index (κ1) is 20.5. The summed E-state index contributed by atoms with van der Waals surface area (Å²) < 4.78 is 11.2. The first-order valence-electron chi connectivity index (χ1n) is 10.2. The summed E-state index contributed by atoms with van der Waals surface area (Å²) in [4.78, 5) is 6.87. The van der Waals surface area contributed by atoms with E-state index in [2.05, 4.69) is 20.5 Å². The molecule has 0 unspecified atom stereocenters. The van der Waals surface area contributed by atoms with Gasteiger partial charge in [-0.2, -0.15) is 0 Å². The summed E-state index contributed by atoms with van der Waals surface area (Å²) in [5.41, 5.74) is 0. The van der Waals surface area contributed by atoms with Crippen LogP contribution in [-0.2, 0) is 9.47 Å². The normalized spacial score (nSPS) is 21.1. The van der Waals surface area contributed by atoms with E-state index in [1.54, 1.807) is 0 Å². The molecule has 0 amide bonds. The number of hydrogen-bond donors (Lipinski definition) is 2. The number of ether oxygens (including phenoxy) is 2. The van der Waals surface area contributed by atoms with E-state index in [-0.39, 0.29) is 0 Å². The molecule has 0 radical (unpaired) electrons. The maximum Gasteiger partial charge on any atom is 0.191 e. The van der Waals surface area contributed by atoms with Crippen molar-refractivity contribution >= 4 is 5.96 Å². The van der Waals surface area contributed by atoms with Crippen LogP contribution >= 0.6 is 0 Å². The van der Waals surface area contributed by atoms with Crippen molar-refractivity contribution in [2.45, 2.75) is 44.9 Å². The van der Waals surface area contributed by atoms with E-state index in [0.29, 0.717) is 5.92 Å². The Morgan fingerprint density at radius 3 is 2.52 bits per heavy atom. The fraction of sp³-hybridized carbons (Fsp3) is 0.947. The molecule has 2 fully saturated rings. The highest BCUT2D eigenvalue weighted by atomic mass is 16.5. The highest BCUT2D eigenvalue weighted by Crippen LogP contribution is 2.14. The summed E-state index contributed by atoms with van der Waals surface area (Å²) in [6.07, 6.45) is 8.78. The zero-order valence-corrected chi connectivity index (χ0v) is 16.1. The van der Waals surface area contributed by atoms with Gasteiger partial charge in [0.1, 0.15) is 0 Å². The standard InChI is InChI=1S/C19H38N4O2/c1-20-19(22-10-13-23-11-4-2-3-5-12-23)21-9-6-14-25-17-18-7-15-24-16-8-18/h18H,2-17H2,1H3,(H2,20,21,22). The largest absolute Gasteiger partial charge is 0.381 e. The molecule has 2 N–H and O–H groups in total. The van der Waals surface area contributed by atoms with E-state index in [1.165, 1.54) is 38.8 Å². The Kier molecular flexibility index (Phi) is 10.9. The number of nitrogens with zero attached hydrogens (tertiary/aromatic N) is 2. The quantitative estimate of drug-likeness (QED) is 0.376. The molecule has 2 aliphatic rings. The number of nitrogens with one attached hydrogen (secondary N) is 2. The molecule has 146 valence electrons. The number of guanidine groups is 1. The third kappa shape index (κ3) is 9.42. The Bertz CT molecular complexity index is 351. The van der Waals surface area contributed by atoms with Crippen molar-refractivity contribution in [3.63, 3.8) is 0 Å². The SMILES string of the molecule is CN=C(NCCCOCC1CCOCC1)NCCN1CCCCCC1.